The number of thioether (sulfide) groups is 1. The average Bonchev–Trinajstić information content (AvgIpc) is 2.53. The van der Waals surface area contributed by atoms with Crippen molar-refractivity contribution in [3.05, 3.63) is 63.8 Å². The lowest BCUT2D eigenvalue weighted by Crippen LogP contribution is -2.00. The molecule has 1 heterocycles. The molecular weight excluding hydrogens is 292 g/mol. The van der Waals surface area contributed by atoms with E-state index in [4.69, 9.17) is 0 Å². The van der Waals surface area contributed by atoms with E-state index < -0.39 is 4.92 Å². The van der Waals surface area contributed by atoms with Gasteiger partial charge in [0.15, 0.2) is 0 Å². The van der Waals surface area contributed by atoms with E-state index in [9.17, 15) is 14.9 Å². The first kappa shape index (κ1) is 15.0. The van der Waals surface area contributed by atoms with Gasteiger partial charge in [-0.2, -0.15) is 0 Å². The summed E-state index contributed by atoms with van der Waals surface area (Å²) in [5.41, 5.74) is 1.49. The van der Waals surface area contributed by atoms with Crippen LogP contribution in [-0.4, -0.2) is 23.0 Å². The molecule has 1 aromatic heterocycles. The van der Waals surface area contributed by atoms with Crippen molar-refractivity contribution >= 4 is 23.4 Å². The van der Waals surface area contributed by atoms with Gasteiger partial charge in [-0.05, 0) is 23.8 Å². The third-order valence-electron chi connectivity index (χ3n) is 2.69. The first-order chi connectivity index (χ1) is 10.1. The Kier molecular flexibility index (Phi) is 4.89. The maximum absolute atomic E-state index is 11.3. The van der Waals surface area contributed by atoms with Crippen LogP contribution in [-0.2, 0) is 10.5 Å². The number of nitrogens with zero attached hydrogens (tertiary/aromatic N) is 2. The lowest BCUT2D eigenvalue weighted by Gasteiger charge is -2.03. The number of hydrogen-bond donors (Lipinski definition) is 0. The SMILES string of the molecule is COC(=O)c1ccc(CSc2ccc([N+](=O)[O-])cn2)cc1. The zero-order valence-electron chi connectivity index (χ0n) is 11.2. The second-order valence-corrected chi connectivity index (χ2v) is 5.08. The summed E-state index contributed by atoms with van der Waals surface area (Å²) in [6.07, 6.45) is 1.24. The van der Waals surface area contributed by atoms with Crippen LogP contribution in [0.5, 0.6) is 0 Å². The molecule has 0 fully saturated rings. The number of aromatic nitrogens is 1. The molecule has 2 aromatic rings. The first-order valence-corrected chi connectivity index (χ1v) is 6.99. The molecule has 1 aromatic carbocycles. The number of ether oxygens (including phenoxy) is 1. The van der Waals surface area contributed by atoms with Crippen LogP contribution in [0.1, 0.15) is 15.9 Å². The molecule has 0 atom stereocenters. The van der Waals surface area contributed by atoms with Gasteiger partial charge in [-0.15, -0.1) is 11.8 Å². The Bertz CT molecular complexity index is 641. The summed E-state index contributed by atoms with van der Waals surface area (Å²) >= 11 is 1.46. The molecule has 0 unspecified atom stereocenters. The van der Waals surface area contributed by atoms with Gasteiger partial charge in [-0.3, -0.25) is 10.1 Å². The highest BCUT2D eigenvalue weighted by Crippen LogP contribution is 2.22. The molecule has 7 heteroatoms. The monoisotopic (exact) mass is 304 g/mol. The molecule has 2 rings (SSSR count). The fraction of sp³-hybridized carbons (Fsp3) is 0.143. The molecule has 0 bridgehead atoms. The minimum absolute atomic E-state index is 0.0261. The third kappa shape index (κ3) is 4.03. The molecule has 0 saturated carbocycles. The van der Waals surface area contributed by atoms with Crippen LogP contribution in [0.15, 0.2) is 47.6 Å². The molecule has 108 valence electrons. The standard InChI is InChI=1S/C14H12N2O4S/c1-20-14(17)11-4-2-10(3-5-11)9-21-13-7-6-12(8-15-13)16(18)19/h2-8H,9H2,1H3. The van der Waals surface area contributed by atoms with Gasteiger partial charge in [0.1, 0.15) is 6.20 Å². The fourth-order valence-electron chi connectivity index (χ4n) is 1.58. The number of benzene rings is 1. The van der Waals surface area contributed by atoms with Crippen LogP contribution in [0, 0.1) is 10.1 Å². The highest BCUT2D eigenvalue weighted by atomic mass is 32.2. The Balaban J connectivity index is 1.96. The second kappa shape index (κ2) is 6.85. The van der Waals surface area contributed by atoms with E-state index in [0.29, 0.717) is 16.3 Å². The molecule has 0 N–H and O–H groups in total. The number of esters is 1. The van der Waals surface area contributed by atoms with Gasteiger partial charge in [0.05, 0.1) is 22.6 Å². The number of carbonyl (C=O) groups excluding carboxylic acids is 1. The Hall–Kier alpha value is -2.41. The van der Waals surface area contributed by atoms with Crippen molar-refractivity contribution in [2.45, 2.75) is 10.8 Å². The number of hydrogen-bond acceptors (Lipinski definition) is 6. The van der Waals surface area contributed by atoms with Crippen LogP contribution >= 0.6 is 11.8 Å². The molecule has 21 heavy (non-hydrogen) atoms. The lowest BCUT2D eigenvalue weighted by atomic mass is 10.1. The molecule has 0 spiro atoms. The Morgan fingerprint density at radius 3 is 2.52 bits per heavy atom. The molecular formula is C14H12N2O4S. The van der Waals surface area contributed by atoms with Gasteiger partial charge in [-0.1, -0.05) is 12.1 Å². The number of pyridine rings is 1. The van der Waals surface area contributed by atoms with Crippen molar-refractivity contribution in [3.63, 3.8) is 0 Å². The zero-order valence-corrected chi connectivity index (χ0v) is 12.0. The number of methoxy groups -OCH3 is 1. The minimum atomic E-state index is -0.479. The van der Waals surface area contributed by atoms with Crippen LogP contribution in [0.25, 0.3) is 0 Å². The largest absolute Gasteiger partial charge is 0.465 e. The smallest absolute Gasteiger partial charge is 0.337 e. The maximum Gasteiger partial charge on any atom is 0.337 e. The molecule has 0 aliphatic carbocycles. The molecule has 0 radical (unpaired) electrons. The Morgan fingerprint density at radius 2 is 2.00 bits per heavy atom. The van der Waals surface area contributed by atoms with Crippen molar-refractivity contribution in [1.82, 2.24) is 4.98 Å². The van der Waals surface area contributed by atoms with E-state index in [1.165, 1.54) is 31.1 Å². The maximum atomic E-state index is 11.3. The molecule has 0 amide bonds. The molecule has 0 aliphatic rings. The number of carbonyl (C=O) groups is 1. The van der Waals surface area contributed by atoms with Crippen LogP contribution in [0.4, 0.5) is 5.69 Å². The van der Waals surface area contributed by atoms with Crippen molar-refractivity contribution in [3.8, 4) is 0 Å². The highest BCUT2D eigenvalue weighted by Gasteiger charge is 2.07. The van der Waals surface area contributed by atoms with Gasteiger partial charge < -0.3 is 4.74 Å². The van der Waals surface area contributed by atoms with Crippen LogP contribution < -0.4 is 0 Å². The van der Waals surface area contributed by atoms with Gasteiger partial charge in [0.2, 0.25) is 0 Å². The van der Waals surface area contributed by atoms with Crippen molar-refractivity contribution in [1.29, 1.82) is 0 Å². The van der Waals surface area contributed by atoms with Gasteiger partial charge in [-0.25, -0.2) is 9.78 Å². The summed E-state index contributed by atoms with van der Waals surface area (Å²) in [4.78, 5) is 25.4. The van der Waals surface area contributed by atoms with E-state index in [2.05, 4.69) is 9.72 Å². The van der Waals surface area contributed by atoms with Crippen molar-refractivity contribution < 1.29 is 14.5 Å². The lowest BCUT2D eigenvalue weighted by molar-refractivity contribution is -0.385. The predicted octanol–water partition coefficient (Wildman–Crippen LogP) is 3.07. The highest BCUT2D eigenvalue weighted by molar-refractivity contribution is 7.98. The average molecular weight is 304 g/mol. The Morgan fingerprint density at radius 1 is 1.29 bits per heavy atom. The first-order valence-electron chi connectivity index (χ1n) is 6.00. The van der Waals surface area contributed by atoms with Crippen LogP contribution in [0.3, 0.4) is 0 Å². The van der Waals surface area contributed by atoms with E-state index in [-0.39, 0.29) is 11.7 Å². The fourth-order valence-corrected chi connectivity index (χ4v) is 2.38. The normalized spacial score (nSPS) is 10.1. The summed E-state index contributed by atoms with van der Waals surface area (Å²) in [6, 6.07) is 10.1. The molecule has 0 aliphatic heterocycles. The zero-order chi connectivity index (χ0) is 15.2. The van der Waals surface area contributed by atoms with Crippen molar-refractivity contribution in [2.75, 3.05) is 7.11 Å². The summed E-state index contributed by atoms with van der Waals surface area (Å²) in [6.45, 7) is 0. The van der Waals surface area contributed by atoms with E-state index in [1.807, 2.05) is 12.1 Å². The summed E-state index contributed by atoms with van der Waals surface area (Å²) in [5.74, 6) is 0.290. The summed E-state index contributed by atoms with van der Waals surface area (Å²) in [7, 11) is 1.34. The topological polar surface area (TPSA) is 82.3 Å². The van der Waals surface area contributed by atoms with Crippen molar-refractivity contribution in [2.24, 2.45) is 0 Å². The quantitative estimate of drug-likeness (QED) is 0.365. The third-order valence-corrected chi connectivity index (χ3v) is 3.71. The summed E-state index contributed by atoms with van der Waals surface area (Å²) in [5, 5.41) is 11.2. The van der Waals surface area contributed by atoms with Gasteiger partial charge in [0, 0.05) is 11.8 Å². The number of rotatable bonds is 5. The number of nitro groups is 1. The second-order valence-electron chi connectivity index (χ2n) is 4.09. The van der Waals surface area contributed by atoms with E-state index in [0.717, 1.165) is 5.56 Å². The predicted molar refractivity (Wildman–Crippen MR) is 78.2 cm³/mol. The summed E-state index contributed by atoms with van der Waals surface area (Å²) < 4.78 is 4.63. The van der Waals surface area contributed by atoms with E-state index >= 15 is 0 Å². The minimum Gasteiger partial charge on any atom is -0.465 e. The Labute approximate surface area is 125 Å². The van der Waals surface area contributed by atoms with Gasteiger partial charge in [0.25, 0.3) is 5.69 Å². The van der Waals surface area contributed by atoms with Crippen LogP contribution in [0.2, 0.25) is 0 Å². The molecule has 6 nitrogen and oxygen atoms in total. The van der Waals surface area contributed by atoms with E-state index in [1.54, 1.807) is 18.2 Å². The van der Waals surface area contributed by atoms with Gasteiger partial charge >= 0.3 is 5.97 Å². The molecule has 0 saturated heterocycles.